The number of carboxylic acid groups (broad SMARTS) is 1. The highest BCUT2D eigenvalue weighted by molar-refractivity contribution is 9.10. The number of carbonyl (C=O) groups is 2. The van der Waals surface area contributed by atoms with E-state index in [0.717, 1.165) is 33.0 Å². The number of Topliss-reactive ketones (excluding diaryl/α,β-unsaturated/α-hetero) is 1. The summed E-state index contributed by atoms with van der Waals surface area (Å²) >= 11 is 5.01. The minimum atomic E-state index is -1.14. The van der Waals surface area contributed by atoms with E-state index in [1.807, 2.05) is 23.6 Å². The zero-order valence-corrected chi connectivity index (χ0v) is 12.8. The lowest BCUT2D eigenvalue weighted by Gasteiger charge is -2.00. The van der Waals surface area contributed by atoms with Crippen molar-refractivity contribution < 1.29 is 14.7 Å². The van der Waals surface area contributed by atoms with Crippen LogP contribution in [0.1, 0.15) is 18.4 Å². The van der Waals surface area contributed by atoms with Gasteiger partial charge in [0.05, 0.1) is 0 Å². The van der Waals surface area contributed by atoms with Crippen molar-refractivity contribution >= 4 is 55.2 Å². The van der Waals surface area contributed by atoms with Crippen LogP contribution in [-0.4, -0.2) is 16.9 Å². The van der Waals surface area contributed by atoms with Crippen LogP contribution in [0.3, 0.4) is 0 Å². The molecular weight excluding hydrogens is 340 g/mol. The SMILES string of the molecule is O=C(O)/C(=C\c1csc2c(Br)cccc12)C(=O)C1CC1. The number of benzene rings is 1. The fourth-order valence-corrected chi connectivity index (χ4v) is 3.69. The molecule has 1 aliphatic carbocycles. The van der Waals surface area contributed by atoms with E-state index in [-0.39, 0.29) is 17.3 Å². The van der Waals surface area contributed by atoms with Crippen molar-refractivity contribution in [2.75, 3.05) is 0 Å². The number of carboxylic acids is 1. The minimum absolute atomic E-state index is 0.0889. The molecule has 3 rings (SSSR count). The third-order valence-corrected chi connectivity index (χ3v) is 5.30. The third kappa shape index (κ3) is 2.43. The Morgan fingerprint density at radius 2 is 2.10 bits per heavy atom. The molecule has 102 valence electrons. The zero-order valence-electron chi connectivity index (χ0n) is 10.4. The Kier molecular flexibility index (Phi) is 3.48. The van der Waals surface area contributed by atoms with Gasteiger partial charge in [0.25, 0.3) is 0 Å². The van der Waals surface area contributed by atoms with E-state index < -0.39 is 5.97 Å². The molecule has 0 spiro atoms. The summed E-state index contributed by atoms with van der Waals surface area (Å²) in [4.78, 5) is 23.3. The molecule has 0 radical (unpaired) electrons. The van der Waals surface area contributed by atoms with E-state index in [0.29, 0.717) is 0 Å². The molecule has 20 heavy (non-hydrogen) atoms. The number of aliphatic carboxylic acids is 1. The molecule has 0 amide bonds. The fourth-order valence-electron chi connectivity index (χ4n) is 2.11. The Hall–Kier alpha value is -1.46. The van der Waals surface area contributed by atoms with E-state index in [1.165, 1.54) is 17.4 Å². The summed E-state index contributed by atoms with van der Waals surface area (Å²) in [5.41, 5.74) is 0.685. The van der Waals surface area contributed by atoms with Crippen LogP contribution in [0.2, 0.25) is 0 Å². The first-order valence-corrected chi connectivity index (χ1v) is 7.90. The van der Waals surface area contributed by atoms with Crippen LogP contribution in [0, 0.1) is 5.92 Å². The number of halogens is 1. The van der Waals surface area contributed by atoms with Crippen LogP contribution in [0.25, 0.3) is 16.2 Å². The molecule has 5 heteroatoms. The van der Waals surface area contributed by atoms with Crippen LogP contribution >= 0.6 is 27.3 Å². The molecule has 0 bridgehead atoms. The first kappa shape index (κ1) is 13.5. The average molecular weight is 351 g/mol. The lowest BCUT2D eigenvalue weighted by Crippen LogP contribution is -2.13. The Bertz CT molecular complexity index is 741. The minimum Gasteiger partial charge on any atom is -0.478 e. The van der Waals surface area contributed by atoms with Gasteiger partial charge in [-0.15, -0.1) is 11.3 Å². The number of carbonyl (C=O) groups excluding carboxylic acids is 1. The standard InChI is InChI=1S/C15H11BrO3S/c16-12-3-1-2-10-9(7-20-14(10)12)6-11(15(18)19)13(17)8-4-5-8/h1-3,6-8H,4-5H2,(H,18,19)/b11-6-. The Morgan fingerprint density at radius 1 is 1.35 bits per heavy atom. The molecule has 2 aromatic rings. The van der Waals surface area contributed by atoms with Gasteiger partial charge in [-0.3, -0.25) is 4.79 Å². The number of hydrogen-bond donors (Lipinski definition) is 1. The largest absolute Gasteiger partial charge is 0.478 e. The molecule has 1 aromatic carbocycles. The second kappa shape index (κ2) is 5.14. The van der Waals surface area contributed by atoms with Crippen LogP contribution in [0.15, 0.2) is 33.6 Å². The van der Waals surface area contributed by atoms with Gasteiger partial charge in [0, 0.05) is 20.5 Å². The second-order valence-electron chi connectivity index (χ2n) is 4.81. The van der Waals surface area contributed by atoms with Gasteiger partial charge in [0.1, 0.15) is 5.57 Å². The summed E-state index contributed by atoms with van der Waals surface area (Å²) in [6, 6.07) is 5.78. The molecule has 3 nitrogen and oxygen atoms in total. The Labute approximate surface area is 128 Å². The van der Waals surface area contributed by atoms with Crippen LogP contribution < -0.4 is 0 Å². The number of fused-ring (bicyclic) bond motifs is 1. The maximum absolute atomic E-state index is 12.0. The molecule has 1 saturated carbocycles. The lowest BCUT2D eigenvalue weighted by molar-refractivity contribution is -0.134. The molecule has 1 N–H and O–H groups in total. The van der Waals surface area contributed by atoms with Crippen molar-refractivity contribution in [3.8, 4) is 0 Å². The zero-order chi connectivity index (χ0) is 14.3. The third-order valence-electron chi connectivity index (χ3n) is 3.33. The number of rotatable bonds is 4. The molecule has 0 unspecified atom stereocenters. The van der Waals surface area contributed by atoms with Crippen LogP contribution in [-0.2, 0) is 9.59 Å². The number of thiophene rings is 1. The monoisotopic (exact) mass is 350 g/mol. The molecule has 1 aromatic heterocycles. The van der Waals surface area contributed by atoms with Crippen molar-refractivity contribution in [2.45, 2.75) is 12.8 Å². The van der Waals surface area contributed by atoms with Crippen molar-refractivity contribution in [1.29, 1.82) is 0 Å². The topological polar surface area (TPSA) is 54.4 Å². The molecular formula is C15H11BrO3S. The van der Waals surface area contributed by atoms with Gasteiger partial charge in [-0.2, -0.15) is 0 Å². The summed E-state index contributed by atoms with van der Waals surface area (Å²) in [6.45, 7) is 0. The molecule has 0 aliphatic heterocycles. The normalized spacial score (nSPS) is 15.6. The van der Waals surface area contributed by atoms with Gasteiger partial charge in [-0.25, -0.2) is 4.79 Å². The highest BCUT2D eigenvalue weighted by Gasteiger charge is 2.34. The predicted octanol–water partition coefficient (Wildman–Crippen LogP) is 4.11. The van der Waals surface area contributed by atoms with Gasteiger partial charge in [-0.05, 0) is 51.9 Å². The fraction of sp³-hybridized carbons (Fsp3) is 0.200. The highest BCUT2D eigenvalue weighted by atomic mass is 79.9. The highest BCUT2D eigenvalue weighted by Crippen LogP contribution is 2.36. The maximum atomic E-state index is 12.0. The molecule has 1 heterocycles. The van der Waals surface area contributed by atoms with Gasteiger partial charge >= 0.3 is 5.97 Å². The van der Waals surface area contributed by atoms with Gasteiger partial charge in [0.2, 0.25) is 0 Å². The van der Waals surface area contributed by atoms with Gasteiger partial charge in [-0.1, -0.05) is 12.1 Å². The molecule has 0 atom stereocenters. The van der Waals surface area contributed by atoms with E-state index >= 15 is 0 Å². The summed E-state index contributed by atoms with van der Waals surface area (Å²) in [7, 11) is 0. The first-order chi connectivity index (χ1) is 9.58. The molecule has 1 fully saturated rings. The smallest absolute Gasteiger partial charge is 0.339 e. The number of ketones is 1. The van der Waals surface area contributed by atoms with Gasteiger partial charge < -0.3 is 5.11 Å². The summed E-state index contributed by atoms with van der Waals surface area (Å²) < 4.78 is 2.03. The lowest BCUT2D eigenvalue weighted by atomic mass is 10.0. The number of hydrogen-bond acceptors (Lipinski definition) is 3. The van der Waals surface area contributed by atoms with Gasteiger partial charge in [0.15, 0.2) is 5.78 Å². The predicted molar refractivity (Wildman–Crippen MR) is 82.9 cm³/mol. The van der Waals surface area contributed by atoms with Crippen molar-refractivity contribution in [3.05, 3.63) is 39.2 Å². The van der Waals surface area contributed by atoms with Crippen LogP contribution in [0.5, 0.6) is 0 Å². The van der Waals surface area contributed by atoms with Crippen molar-refractivity contribution in [3.63, 3.8) is 0 Å². The first-order valence-electron chi connectivity index (χ1n) is 6.23. The van der Waals surface area contributed by atoms with E-state index in [4.69, 9.17) is 0 Å². The summed E-state index contributed by atoms with van der Waals surface area (Å²) in [5.74, 6) is -1.47. The molecule has 1 aliphatic rings. The van der Waals surface area contributed by atoms with Crippen molar-refractivity contribution in [2.24, 2.45) is 5.92 Å². The molecule has 0 saturated heterocycles. The van der Waals surface area contributed by atoms with Crippen molar-refractivity contribution in [1.82, 2.24) is 0 Å². The quantitative estimate of drug-likeness (QED) is 0.512. The Morgan fingerprint density at radius 3 is 2.75 bits per heavy atom. The van der Waals surface area contributed by atoms with E-state index in [2.05, 4.69) is 15.9 Å². The van der Waals surface area contributed by atoms with E-state index in [1.54, 1.807) is 0 Å². The van der Waals surface area contributed by atoms with Crippen LogP contribution in [0.4, 0.5) is 0 Å². The van der Waals surface area contributed by atoms with E-state index in [9.17, 15) is 14.7 Å². The summed E-state index contributed by atoms with van der Waals surface area (Å²) in [5, 5.41) is 12.1. The maximum Gasteiger partial charge on any atom is 0.339 e. The Balaban J connectivity index is 2.09. The summed E-state index contributed by atoms with van der Waals surface area (Å²) in [6.07, 6.45) is 3.12. The average Bonchev–Trinajstić information content (AvgIpc) is 3.17. The second-order valence-corrected chi connectivity index (χ2v) is 6.54.